The highest BCUT2D eigenvalue weighted by Crippen LogP contribution is 2.25. The van der Waals surface area contributed by atoms with Crippen LogP contribution < -0.4 is 10.6 Å². The summed E-state index contributed by atoms with van der Waals surface area (Å²) in [6.45, 7) is 5.22. The van der Waals surface area contributed by atoms with Gasteiger partial charge in [-0.05, 0) is 26.7 Å². The van der Waals surface area contributed by atoms with Crippen molar-refractivity contribution in [3.8, 4) is 0 Å². The van der Waals surface area contributed by atoms with Crippen LogP contribution in [0.3, 0.4) is 0 Å². The maximum absolute atomic E-state index is 11.0. The highest BCUT2D eigenvalue weighted by Gasteiger charge is 2.24. The predicted octanol–water partition coefficient (Wildman–Crippen LogP) is 1.80. The Labute approximate surface area is 117 Å². The highest BCUT2D eigenvalue weighted by molar-refractivity contribution is 5.57. The third-order valence-electron chi connectivity index (χ3n) is 3.13. The molecule has 0 bridgehead atoms. The molecule has 1 aliphatic rings. The molecule has 1 fully saturated rings. The number of aromatic nitrogens is 2. The summed E-state index contributed by atoms with van der Waals surface area (Å²) in [7, 11) is 0. The molecule has 0 radical (unpaired) electrons. The summed E-state index contributed by atoms with van der Waals surface area (Å²) < 4.78 is 5.47. The van der Waals surface area contributed by atoms with Crippen LogP contribution in [-0.2, 0) is 4.74 Å². The molecule has 2 atom stereocenters. The number of nitro groups is 1. The Morgan fingerprint density at radius 1 is 1.60 bits per heavy atom. The molecule has 0 saturated carbocycles. The normalized spacial score (nSPS) is 22.3. The van der Waals surface area contributed by atoms with Gasteiger partial charge in [-0.15, -0.1) is 0 Å². The second-order valence-corrected chi connectivity index (χ2v) is 4.76. The van der Waals surface area contributed by atoms with Gasteiger partial charge < -0.3 is 15.4 Å². The Morgan fingerprint density at radius 3 is 3.05 bits per heavy atom. The van der Waals surface area contributed by atoms with Crippen molar-refractivity contribution in [2.24, 2.45) is 0 Å². The maximum Gasteiger partial charge on any atom is 0.329 e. The van der Waals surface area contributed by atoms with Crippen LogP contribution in [0.4, 0.5) is 17.5 Å². The summed E-state index contributed by atoms with van der Waals surface area (Å²) in [5, 5.41) is 17.1. The fraction of sp³-hybridized carbons (Fsp3) is 0.667. The molecule has 1 aromatic heterocycles. The molecule has 0 spiro atoms. The van der Waals surface area contributed by atoms with Crippen molar-refractivity contribution in [3.63, 3.8) is 0 Å². The molecule has 1 aliphatic heterocycles. The van der Waals surface area contributed by atoms with Crippen molar-refractivity contribution < 1.29 is 9.66 Å². The standard InChI is InChI=1S/C12H19N5O3/c1-3-13-12-14-7-10(17(18)19)11(16-12)15-9-4-5-20-8(2)6-9/h7-9H,3-6H2,1-2H3,(H2,13,14,15,16). The van der Waals surface area contributed by atoms with Gasteiger partial charge in [0.15, 0.2) is 0 Å². The van der Waals surface area contributed by atoms with Gasteiger partial charge >= 0.3 is 5.69 Å². The van der Waals surface area contributed by atoms with Crippen molar-refractivity contribution in [3.05, 3.63) is 16.3 Å². The SMILES string of the molecule is CCNc1ncc([N+](=O)[O-])c(NC2CCOC(C)C2)n1. The molecule has 2 heterocycles. The molecule has 8 nitrogen and oxygen atoms in total. The van der Waals surface area contributed by atoms with Crippen molar-refractivity contribution in [2.45, 2.75) is 38.8 Å². The largest absolute Gasteiger partial charge is 0.378 e. The van der Waals surface area contributed by atoms with E-state index in [-0.39, 0.29) is 23.7 Å². The van der Waals surface area contributed by atoms with Crippen molar-refractivity contribution >= 4 is 17.5 Å². The van der Waals surface area contributed by atoms with Gasteiger partial charge in [-0.2, -0.15) is 4.98 Å². The Bertz CT molecular complexity index is 482. The van der Waals surface area contributed by atoms with E-state index in [1.807, 2.05) is 13.8 Å². The van der Waals surface area contributed by atoms with Gasteiger partial charge in [-0.25, -0.2) is 4.98 Å². The minimum absolute atomic E-state index is 0.106. The molecular formula is C12H19N5O3. The number of nitrogens with zero attached hydrogens (tertiary/aromatic N) is 3. The summed E-state index contributed by atoms with van der Waals surface area (Å²) in [6, 6.07) is 0.127. The third kappa shape index (κ3) is 3.53. The first-order valence-corrected chi connectivity index (χ1v) is 6.73. The summed E-state index contributed by atoms with van der Waals surface area (Å²) >= 11 is 0. The number of anilines is 2. The Balaban J connectivity index is 2.18. The van der Waals surface area contributed by atoms with Crippen LogP contribution >= 0.6 is 0 Å². The average molecular weight is 281 g/mol. The molecule has 2 N–H and O–H groups in total. The molecule has 8 heteroatoms. The lowest BCUT2D eigenvalue weighted by Gasteiger charge is -2.28. The maximum atomic E-state index is 11.0. The first-order chi connectivity index (χ1) is 9.60. The van der Waals surface area contributed by atoms with E-state index < -0.39 is 4.92 Å². The second kappa shape index (κ2) is 6.47. The quantitative estimate of drug-likeness (QED) is 0.626. The Kier molecular flexibility index (Phi) is 4.67. The average Bonchev–Trinajstić information content (AvgIpc) is 2.39. The van der Waals surface area contributed by atoms with Gasteiger partial charge in [0.2, 0.25) is 11.8 Å². The highest BCUT2D eigenvalue weighted by atomic mass is 16.6. The predicted molar refractivity (Wildman–Crippen MR) is 74.9 cm³/mol. The fourth-order valence-electron chi connectivity index (χ4n) is 2.18. The van der Waals surface area contributed by atoms with E-state index in [0.717, 1.165) is 12.8 Å². The number of rotatable bonds is 5. The first kappa shape index (κ1) is 14.4. The van der Waals surface area contributed by atoms with E-state index in [1.165, 1.54) is 6.20 Å². The molecule has 0 aliphatic carbocycles. The van der Waals surface area contributed by atoms with E-state index >= 15 is 0 Å². The van der Waals surface area contributed by atoms with Gasteiger partial charge in [0.1, 0.15) is 6.20 Å². The number of ether oxygens (including phenoxy) is 1. The van der Waals surface area contributed by atoms with Crippen LogP contribution in [-0.4, -0.2) is 40.2 Å². The van der Waals surface area contributed by atoms with Crippen molar-refractivity contribution in [1.82, 2.24) is 9.97 Å². The van der Waals surface area contributed by atoms with Crippen LogP contribution in [0.5, 0.6) is 0 Å². The zero-order valence-corrected chi connectivity index (χ0v) is 11.6. The number of hydrogen-bond acceptors (Lipinski definition) is 7. The lowest BCUT2D eigenvalue weighted by Crippen LogP contribution is -2.33. The first-order valence-electron chi connectivity index (χ1n) is 6.73. The summed E-state index contributed by atoms with van der Waals surface area (Å²) in [4.78, 5) is 18.7. The van der Waals surface area contributed by atoms with Crippen LogP contribution in [0.1, 0.15) is 26.7 Å². The topological polar surface area (TPSA) is 102 Å². The minimum atomic E-state index is -0.471. The molecule has 2 rings (SSSR count). The zero-order chi connectivity index (χ0) is 14.5. The van der Waals surface area contributed by atoms with E-state index in [1.54, 1.807) is 0 Å². The molecule has 20 heavy (non-hydrogen) atoms. The van der Waals surface area contributed by atoms with Crippen molar-refractivity contribution in [1.29, 1.82) is 0 Å². The molecule has 1 saturated heterocycles. The molecular weight excluding hydrogens is 262 g/mol. The van der Waals surface area contributed by atoms with Gasteiger partial charge in [0.05, 0.1) is 11.0 Å². The summed E-state index contributed by atoms with van der Waals surface area (Å²) in [5.41, 5.74) is -0.106. The molecule has 1 aromatic rings. The molecule has 2 unspecified atom stereocenters. The third-order valence-corrected chi connectivity index (χ3v) is 3.13. The van der Waals surface area contributed by atoms with Crippen molar-refractivity contribution in [2.75, 3.05) is 23.8 Å². The number of hydrogen-bond donors (Lipinski definition) is 2. The van der Waals surface area contributed by atoms with Crippen LogP contribution in [0.2, 0.25) is 0 Å². The Morgan fingerprint density at radius 2 is 2.40 bits per heavy atom. The summed E-state index contributed by atoms with van der Waals surface area (Å²) in [6.07, 6.45) is 2.99. The molecule has 0 amide bonds. The monoisotopic (exact) mass is 281 g/mol. The minimum Gasteiger partial charge on any atom is -0.378 e. The van der Waals surface area contributed by atoms with E-state index in [0.29, 0.717) is 19.1 Å². The smallest absolute Gasteiger partial charge is 0.329 e. The van der Waals surface area contributed by atoms with Crippen LogP contribution in [0.25, 0.3) is 0 Å². The van der Waals surface area contributed by atoms with Crippen LogP contribution in [0.15, 0.2) is 6.20 Å². The lowest BCUT2D eigenvalue weighted by atomic mass is 10.0. The Hall–Kier alpha value is -1.96. The fourth-order valence-corrected chi connectivity index (χ4v) is 2.18. The molecule has 110 valence electrons. The number of nitrogens with one attached hydrogen (secondary N) is 2. The summed E-state index contributed by atoms with van der Waals surface area (Å²) in [5.74, 6) is 0.653. The molecule has 0 aromatic carbocycles. The zero-order valence-electron chi connectivity index (χ0n) is 11.6. The van der Waals surface area contributed by atoms with E-state index in [9.17, 15) is 10.1 Å². The van der Waals surface area contributed by atoms with Gasteiger partial charge in [-0.3, -0.25) is 10.1 Å². The van der Waals surface area contributed by atoms with Gasteiger partial charge in [-0.1, -0.05) is 0 Å². The van der Waals surface area contributed by atoms with E-state index in [2.05, 4.69) is 20.6 Å². The van der Waals surface area contributed by atoms with Gasteiger partial charge in [0, 0.05) is 19.2 Å². The van der Waals surface area contributed by atoms with Crippen LogP contribution in [0, 0.1) is 10.1 Å². The second-order valence-electron chi connectivity index (χ2n) is 4.76. The van der Waals surface area contributed by atoms with Gasteiger partial charge in [0.25, 0.3) is 0 Å². The van der Waals surface area contributed by atoms with E-state index in [4.69, 9.17) is 4.74 Å². The lowest BCUT2D eigenvalue weighted by molar-refractivity contribution is -0.384.